The first-order valence-electron chi connectivity index (χ1n) is 6.75. The summed E-state index contributed by atoms with van der Waals surface area (Å²) in [7, 11) is 0. The van der Waals surface area contributed by atoms with Gasteiger partial charge in [0.05, 0.1) is 11.2 Å². The molecule has 1 aliphatic rings. The summed E-state index contributed by atoms with van der Waals surface area (Å²) in [5.74, 6) is 0.732. The first-order chi connectivity index (χ1) is 9.11. The van der Waals surface area contributed by atoms with Crippen molar-refractivity contribution in [3.05, 3.63) is 29.0 Å². The van der Waals surface area contributed by atoms with E-state index in [0.717, 1.165) is 33.7 Å². The predicted octanol–water partition coefficient (Wildman–Crippen LogP) is 4.24. The molecule has 2 aromatic heterocycles. The molecule has 0 radical (unpaired) electrons. The summed E-state index contributed by atoms with van der Waals surface area (Å²) in [6.07, 6.45) is 6.33. The molecule has 0 saturated heterocycles. The van der Waals surface area contributed by atoms with Crippen LogP contribution in [0.2, 0.25) is 0 Å². The number of hydrogen-bond acceptors (Lipinski definition) is 3. The Bertz CT molecular complexity index is 605. The smallest absolute Gasteiger partial charge is 0.112 e. The fraction of sp³-hybridized carbons (Fsp3) is 0.467. The Morgan fingerprint density at radius 1 is 1.37 bits per heavy atom. The van der Waals surface area contributed by atoms with Crippen molar-refractivity contribution >= 4 is 32.7 Å². The molecular formula is C15H18BrN3. The number of pyridine rings is 2. The fourth-order valence-corrected chi connectivity index (χ4v) is 2.86. The highest BCUT2D eigenvalue weighted by Gasteiger charge is 2.44. The maximum atomic E-state index is 4.47. The van der Waals surface area contributed by atoms with Crippen LogP contribution in [-0.4, -0.2) is 16.5 Å². The summed E-state index contributed by atoms with van der Waals surface area (Å²) in [6, 6.07) is 4.02. The van der Waals surface area contributed by atoms with Crippen molar-refractivity contribution in [2.24, 2.45) is 11.3 Å². The zero-order valence-electron chi connectivity index (χ0n) is 11.3. The molecule has 0 bridgehead atoms. The molecule has 0 unspecified atom stereocenters. The van der Waals surface area contributed by atoms with Gasteiger partial charge < -0.3 is 5.32 Å². The van der Waals surface area contributed by atoms with Gasteiger partial charge in [-0.15, -0.1) is 0 Å². The molecule has 0 spiro atoms. The monoisotopic (exact) mass is 319 g/mol. The van der Waals surface area contributed by atoms with Gasteiger partial charge in [-0.3, -0.25) is 9.97 Å². The molecule has 3 nitrogen and oxygen atoms in total. The lowest BCUT2D eigenvalue weighted by Crippen LogP contribution is -2.21. The summed E-state index contributed by atoms with van der Waals surface area (Å²) in [6.45, 7) is 5.66. The molecule has 2 aromatic rings. The molecule has 19 heavy (non-hydrogen) atoms. The van der Waals surface area contributed by atoms with Crippen LogP contribution >= 0.6 is 15.9 Å². The molecule has 100 valence electrons. The lowest BCUT2D eigenvalue weighted by atomic mass is 9.92. The molecule has 0 aliphatic heterocycles. The van der Waals surface area contributed by atoms with Gasteiger partial charge in [-0.1, -0.05) is 13.8 Å². The molecule has 2 heterocycles. The van der Waals surface area contributed by atoms with Crippen LogP contribution in [0.3, 0.4) is 0 Å². The largest absolute Gasteiger partial charge is 0.383 e. The average molecular weight is 320 g/mol. The standard InChI is InChI=1S/C15H18BrN3/c1-10(2)15(4-5-15)9-19-12-3-6-17-13-7-11(16)8-18-14(12)13/h3,6-8,10H,4-5,9H2,1-2H3,(H,17,19). The van der Waals surface area contributed by atoms with Crippen LogP contribution in [0.5, 0.6) is 0 Å². The summed E-state index contributed by atoms with van der Waals surface area (Å²) in [5.41, 5.74) is 3.45. The molecule has 4 heteroatoms. The van der Waals surface area contributed by atoms with Crippen LogP contribution in [0.15, 0.2) is 29.0 Å². The molecule has 3 rings (SSSR count). The second kappa shape index (κ2) is 4.75. The van der Waals surface area contributed by atoms with Gasteiger partial charge in [-0.25, -0.2) is 0 Å². The minimum atomic E-state index is 0.491. The van der Waals surface area contributed by atoms with Crippen LogP contribution in [0.25, 0.3) is 11.0 Å². The van der Waals surface area contributed by atoms with E-state index in [1.807, 2.05) is 24.5 Å². The summed E-state index contributed by atoms with van der Waals surface area (Å²) >= 11 is 3.43. The lowest BCUT2D eigenvalue weighted by Gasteiger charge is -2.21. The van der Waals surface area contributed by atoms with Crippen molar-refractivity contribution in [1.82, 2.24) is 9.97 Å². The Morgan fingerprint density at radius 2 is 2.16 bits per heavy atom. The van der Waals surface area contributed by atoms with Gasteiger partial charge in [0.1, 0.15) is 5.52 Å². The number of anilines is 1. The molecule has 0 aromatic carbocycles. The molecule has 1 N–H and O–H groups in total. The summed E-state index contributed by atoms with van der Waals surface area (Å²) in [4.78, 5) is 8.84. The highest BCUT2D eigenvalue weighted by atomic mass is 79.9. The zero-order chi connectivity index (χ0) is 13.5. The third-order valence-electron chi connectivity index (χ3n) is 4.29. The number of aromatic nitrogens is 2. The number of fused-ring (bicyclic) bond motifs is 1. The van der Waals surface area contributed by atoms with E-state index in [9.17, 15) is 0 Å². The van der Waals surface area contributed by atoms with Gasteiger partial charge >= 0.3 is 0 Å². The Labute approximate surface area is 122 Å². The molecule has 1 fully saturated rings. The number of rotatable bonds is 4. The number of halogens is 1. The maximum absolute atomic E-state index is 4.47. The van der Waals surface area contributed by atoms with Gasteiger partial charge in [-0.2, -0.15) is 0 Å². The van der Waals surface area contributed by atoms with Crippen LogP contribution in [-0.2, 0) is 0 Å². The lowest BCUT2D eigenvalue weighted by molar-refractivity contribution is 0.380. The van der Waals surface area contributed by atoms with E-state index in [0.29, 0.717) is 5.41 Å². The van der Waals surface area contributed by atoms with E-state index < -0.39 is 0 Å². The molecule has 1 saturated carbocycles. The Balaban J connectivity index is 1.85. The second-order valence-corrected chi connectivity index (χ2v) is 6.67. The Kier molecular flexibility index (Phi) is 3.21. The summed E-state index contributed by atoms with van der Waals surface area (Å²) in [5, 5.41) is 3.57. The molecule has 0 amide bonds. The number of nitrogens with one attached hydrogen (secondary N) is 1. The summed E-state index contributed by atoms with van der Waals surface area (Å²) < 4.78 is 0.963. The maximum Gasteiger partial charge on any atom is 0.112 e. The van der Waals surface area contributed by atoms with Crippen molar-refractivity contribution in [2.45, 2.75) is 26.7 Å². The number of nitrogens with zero attached hydrogens (tertiary/aromatic N) is 2. The van der Waals surface area contributed by atoms with Gasteiger partial charge in [0, 0.05) is 23.4 Å². The van der Waals surface area contributed by atoms with E-state index in [-0.39, 0.29) is 0 Å². The van der Waals surface area contributed by atoms with E-state index >= 15 is 0 Å². The minimum Gasteiger partial charge on any atom is -0.383 e. The van der Waals surface area contributed by atoms with Crippen molar-refractivity contribution in [2.75, 3.05) is 11.9 Å². The van der Waals surface area contributed by atoms with Crippen molar-refractivity contribution in [3.63, 3.8) is 0 Å². The molecular weight excluding hydrogens is 302 g/mol. The first-order valence-corrected chi connectivity index (χ1v) is 7.54. The van der Waals surface area contributed by atoms with Gasteiger partial charge in [0.25, 0.3) is 0 Å². The average Bonchev–Trinajstić information content (AvgIpc) is 3.17. The fourth-order valence-electron chi connectivity index (χ4n) is 2.54. The van der Waals surface area contributed by atoms with Gasteiger partial charge in [0.2, 0.25) is 0 Å². The van der Waals surface area contributed by atoms with Crippen LogP contribution in [0.1, 0.15) is 26.7 Å². The van der Waals surface area contributed by atoms with Crippen LogP contribution in [0.4, 0.5) is 5.69 Å². The third-order valence-corrected chi connectivity index (χ3v) is 4.73. The highest BCUT2D eigenvalue weighted by Crippen LogP contribution is 2.51. The normalized spacial score (nSPS) is 16.8. The van der Waals surface area contributed by atoms with Gasteiger partial charge in [-0.05, 0) is 52.2 Å². The van der Waals surface area contributed by atoms with Crippen molar-refractivity contribution in [3.8, 4) is 0 Å². The zero-order valence-corrected chi connectivity index (χ0v) is 12.9. The van der Waals surface area contributed by atoms with Crippen molar-refractivity contribution < 1.29 is 0 Å². The Hall–Kier alpha value is -1.16. The van der Waals surface area contributed by atoms with Gasteiger partial charge in [0.15, 0.2) is 0 Å². The van der Waals surface area contributed by atoms with E-state index in [1.54, 1.807) is 0 Å². The minimum absolute atomic E-state index is 0.491. The van der Waals surface area contributed by atoms with E-state index in [2.05, 4.69) is 45.1 Å². The van der Waals surface area contributed by atoms with E-state index in [4.69, 9.17) is 0 Å². The highest BCUT2D eigenvalue weighted by molar-refractivity contribution is 9.10. The SMILES string of the molecule is CC(C)C1(CNc2ccnc3cc(Br)cnc23)CC1. The topological polar surface area (TPSA) is 37.8 Å². The third kappa shape index (κ3) is 2.46. The van der Waals surface area contributed by atoms with Crippen LogP contribution in [0, 0.1) is 11.3 Å². The Morgan fingerprint density at radius 3 is 2.84 bits per heavy atom. The van der Waals surface area contributed by atoms with Crippen molar-refractivity contribution in [1.29, 1.82) is 0 Å². The first kappa shape index (κ1) is 12.9. The van der Waals surface area contributed by atoms with E-state index in [1.165, 1.54) is 12.8 Å². The second-order valence-electron chi connectivity index (χ2n) is 5.75. The molecule has 1 aliphatic carbocycles. The quantitative estimate of drug-likeness (QED) is 0.915. The predicted molar refractivity (Wildman–Crippen MR) is 82.2 cm³/mol. The number of hydrogen-bond donors (Lipinski definition) is 1. The van der Waals surface area contributed by atoms with Crippen LogP contribution < -0.4 is 5.32 Å². The molecule has 0 atom stereocenters.